The van der Waals surface area contributed by atoms with Gasteiger partial charge in [-0.15, -0.1) is 5.10 Å². The average Bonchev–Trinajstić information content (AvgIpc) is 2.85. The molecule has 104 valence electrons. The van der Waals surface area contributed by atoms with Gasteiger partial charge in [0.2, 0.25) is 0 Å². The van der Waals surface area contributed by atoms with Crippen molar-refractivity contribution < 1.29 is 19.2 Å². The molecule has 1 atom stereocenters. The highest BCUT2D eigenvalue weighted by atomic mass is 32.1. The van der Waals surface area contributed by atoms with Gasteiger partial charge in [-0.2, -0.15) is 12.6 Å². The zero-order valence-electron chi connectivity index (χ0n) is 9.95. The number of rotatable bonds is 6. The van der Waals surface area contributed by atoms with Crippen molar-refractivity contribution in [1.29, 1.82) is 0 Å². The lowest BCUT2D eigenvalue weighted by Gasteiger charge is -2.13. The largest absolute Gasteiger partial charge is 0.464 e. The molecule has 1 amide bonds. The highest BCUT2D eigenvalue weighted by molar-refractivity contribution is 7.80. The zero-order valence-corrected chi connectivity index (χ0v) is 10.8. The Morgan fingerprint density at radius 1 is 1.68 bits per heavy atom. The predicted molar refractivity (Wildman–Crippen MR) is 67.0 cm³/mol. The first-order valence-electron chi connectivity index (χ1n) is 5.27. The summed E-state index contributed by atoms with van der Waals surface area (Å²) >= 11 is 3.92. The van der Waals surface area contributed by atoms with Crippen LogP contribution in [0.5, 0.6) is 0 Å². The van der Waals surface area contributed by atoms with Crippen LogP contribution in [0.4, 0.5) is 5.82 Å². The molecule has 0 aromatic carbocycles. The summed E-state index contributed by atoms with van der Waals surface area (Å²) in [6.07, 6.45) is 0. The van der Waals surface area contributed by atoms with Gasteiger partial charge < -0.3 is 20.2 Å². The number of nitrogens with one attached hydrogen (secondary N) is 2. The third-order valence-electron chi connectivity index (χ3n) is 2.05. The summed E-state index contributed by atoms with van der Waals surface area (Å²) in [5.74, 6) is -1.73. The standard InChI is InChI=1S/C9H12N4O5S/c1-2-18-9(15)6(4-19)10-8(14)5-3-7(12-11-5)13(16)17/h3,6,19H,2,4H2,1H3,(H,10,14)(H,11,12). The lowest BCUT2D eigenvalue weighted by atomic mass is 10.3. The molecule has 9 nitrogen and oxygen atoms in total. The maximum atomic E-state index is 11.7. The van der Waals surface area contributed by atoms with E-state index in [2.05, 4.69) is 28.1 Å². The Hall–Kier alpha value is -2.10. The number of amides is 1. The van der Waals surface area contributed by atoms with Crippen LogP contribution in [0, 0.1) is 10.1 Å². The second-order valence-electron chi connectivity index (χ2n) is 3.36. The first-order chi connectivity index (χ1) is 8.99. The van der Waals surface area contributed by atoms with Crippen molar-refractivity contribution in [3.63, 3.8) is 0 Å². The van der Waals surface area contributed by atoms with E-state index in [0.29, 0.717) is 0 Å². The Morgan fingerprint density at radius 2 is 2.37 bits per heavy atom. The number of aromatic nitrogens is 2. The van der Waals surface area contributed by atoms with Gasteiger partial charge in [-0.1, -0.05) is 5.10 Å². The molecule has 19 heavy (non-hydrogen) atoms. The molecule has 0 aliphatic rings. The van der Waals surface area contributed by atoms with Crippen LogP contribution in [0.2, 0.25) is 0 Å². The van der Waals surface area contributed by atoms with E-state index in [4.69, 9.17) is 4.74 Å². The molecule has 0 fully saturated rings. The summed E-state index contributed by atoms with van der Waals surface area (Å²) < 4.78 is 4.74. The predicted octanol–water partition coefficient (Wildman–Crippen LogP) is -0.0908. The first-order valence-corrected chi connectivity index (χ1v) is 5.91. The Bertz CT molecular complexity index is 489. The molecule has 1 unspecified atom stereocenters. The fourth-order valence-corrected chi connectivity index (χ4v) is 1.42. The number of nitro groups is 1. The van der Waals surface area contributed by atoms with Gasteiger partial charge in [-0.25, -0.2) is 4.79 Å². The van der Waals surface area contributed by atoms with E-state index in [0.717, 1.165) is 6.07 Å². The number of thiol groups is 1. The van der Waals surface area contributed by atoms with Crippen molar-refractivity contribution in [3.05, 3.63) is 21.9 Å². The van der Waals surface area contributed by atoms with Gasteiger partial charge in [0, 0.05) is 5.75 Å². The molecule has 1 heterocycles. The van der Waals surface area contributed by atoms with Gasteiger partial charge in [0.1, 0.15) is 6.04 Å². The molecule has 0 saturated carbocycles. The van der Waals surface area contributed by atoms with Crippen LogP contribution < -0.4 is 5.32 Å². The summed E-state index contributed by atoms with van der Waals surface area (Å²) in [7, 11) is 0. The molecular formula is C9H12N4O5S. The summed E-state index contributed by atoms with van der Waals surface area (Å²) in [6.45, 7) is 1.80. The van der Waals surface area contributed by atoms with Crippen LogP contribution in [0.25, 0.3) is 0 Å². The van der Waals surface area contributed by atoms with Gasteiger partial charge in [0.15, 0.2) is 5.69 Å². The summed E-state index contributed by atoms with van der Waals surface area (Å²) in [5.41, 5.74) is -0.192. The molecule has 10 heteroatoms. The minimum atomic E-state index is -0.938. The van der Waals surface area contributed by atoms with E-state index in [1.54, 1.807) is 6.92 Å². The maximum Gasteiger partial charge on any atom is 0.343 e. The summed E-state index contributed by atoms with van der Waals surface area (Å²) in [5, 5.41) is 18.3. The van der Waals surface area contributed by atoms with Gasteiger partial charge >= 0.3 is 11.8 Å². The molecule has 0 aliphatic carbocycles. The highest BCUT2D eigenvalue weighted by Gasteiger charge is 2.24. The van der Waals surface area contributed by atoms with Crippen molar-refractivity contribution in [2.75, 3.05) is 12.4 Å². The summed E-state index contributed by atoms with van der Waals surface area (Å²) in [4.78, 5) is 32.8. The number of hydrogen-bond donors (Lipinski definition) is 3. The van der Waals surface area contributed by atoms with E-state index >= 15 is 0 Å². The van der Waals surface area contributed by atoms with Gasteiger partial charge in [-0.3, -0.25) is 4.79 Å². The van der Waals surface area contributed by atoms with Crippen molar-refractivity contribution in [2.45, 2.75) is 13.0 Å². The number of aromatic amines is 1. The fourth-order valence-electron chi connectivity index (χ4n) is 1.18. The van der Waals surface area contributed by atoms with Crippen molar-refractivity contribution >= 4 is 30.3 Å². The zero-order chi connectivity index (χ0) is 14.4. The second kappa shape index (κ2) is 6.73. The average molecular weight is 288 g/mol. The summed E-state index contributed by atoms with van der Waals surface area (Å²) in [6, 6.07) is 0.0299. The third kappa shape index (κ3) is 3.95. The van der Waals surface area contributed by atoms with Crippen molar-refractivity contribution in [1.82, 2.24) is 15.5 Å². The normalized spacial score (nSPS) is 11.7. The smallest absolute Gasteiger partial charge is 0.343 e. The lowest BCUT2D eigenvalue weighted by molar-refractivity contribution is -0.389. The van der Waals surface area contributed by atoms with Crippen LogP contribution in [0.1, 0.15) is 17.4 Å². The van der Waals surface area contributed by atoms with Gasteiger partial charge in [0.25, 0.3) is 5.91 Å². The van der Waals surface area contributed by atoms with Crippen molar-refractivity contribution in [2.24, 2.45) is 0 Å². The Balaban J connectivity index is 2.71. The van der Waals surface area contributed by atoms with Gasteiger partial charge in [-0.05, 0) is 11.8 Å². The van der Waals surface area contributed by atoms with Crippen LogP contribution in [0.3, 0.4) is 0 Å². The molecule has 0 radical (unpaired) electrons. The maximum absolute atomic E-state index is 11.7. The van der Waals surface area contributed by atoms with E-state index < -0.39 is 28.7 Å². The van der Waals surface area contributed by atoms with Crippen LogP contribution in [-0.2, 0) is 9.53 Å². The number of carbonyl (C=O) groups is 2. The Labute approximate surface area is 113 Å². The highest BCUT2D eigenvalue weighted by Crippen LogP contribution is 2.08. The Kier molecular flexibility index (Phi) is 5.30. The number of ether oxygens (including phenoxy) is 1. The fraction of sp³-hybridized carbons (Fsp3) is 0.444. The molecule has 0 bridgehead atoms. The second-order valence-corrected chi connectivity index (χ2v) is 3.72. The molecular weight excluding hydrogens is 276 g/mol. The quantitative estimate of drug-likeness (QED) is 0.290. The van der Waals surface area contributed by atoms with Crippen LogP contribution in [-0.4, -0.2) is 45.4 Å². The van der Waals surface area contributed by atoms with Gasteiger partial charge in [0.05, 0.1) is 12.7 Å². The topological polar surface area (TPSA) is 127 Å². The number of carbonyl (C=O) groups excluding carboxylic acids is 2. The number of nitrogens with zero attached hydrogens (tertiary/aromatic N) is 2. The molecule has 1 rings (SSSR count). The third-order valence-corrected chi connectivity index (χ3v) is 2.42. The Morgan fingerprint density at radius 3 is 2.84 bits per heavy atom. The first kappa shape index (κ1) is 15.0. The van der Waals surface area contributed by atoms with E-state index in [-0.39, 0.29) is 18.1 Å². The number of H-pyrrole nitrogens is 1. The molecule has 0 aliphatic heterocycles. The molecule has 1 aromatic heterocycles. The minimum absolute atomic E-state index is 0.0388. The van der Waals surface area contributed by atoms with Crippen molar-refractivity contribution in [3.8, 4) is 0 Å². The molecule has 0 saturated heterocycles. The molecule has 1 aromatic rings. The number of esters is 1. The molecule has 2 N–H and O–H groups in total. The van der Waals surface area contributed by atoms with E-state index in [1.165, 1.54) is 0 Å². The minimum Gasteiger partial charge on any atom is -0.464 e. The lowest BCUT2D eigenvalue weighted by Crippen LogP contribution is -2.43. The van der Waals surface area contributed by atoms with Crippen LogP contribution in [0.15, 0.2) is 6.07 Å². The number of hydrogen-bond acceptors (Lipinski definition) is 7. The van der Waals surface area contributed by atoms with Crippen LogP contribution >= 0.6 is 12.6 Å². The SMILES string of the molecule is CCOC(=O)C(CS)NC(=O)c1cc([N+](=O)[O-])[nH]n1. The van der Waals surface area contributed by atoms with E-state index in [1.807, 2.05) is 0 Å². The van der Waals surface area contributed by atoms with E-state index in [9.17, 15) is 19.7 Å². The molecule has 0 spiro atoms. The monoisotopic (exact) mass is 288 g/mol.